The van der Waals surface area contributed by atoms with Gasteiger partial charge >= 0.3 is 0 Å². The summed E-state index contributed by atoms with van der Waals surface area (Å²) in [6, 6.07) is 7.18. The van der Waals surface area contributed by atoms with Crippen LogP contribution in [-0.2, 0) is 16.2 Å². The molecule has 0 fully saturated rings. The number of aryl methyl sites for hydroxylation is 1. The highest BCUT2D eigenvalue weighted by atomic mass is 17.2. The van der Waals surface area contributed by atoms with E-state index < -0.39 is 0 Å². The number of phenols is 1. The molecule has 0 aliphatic carbocycles. The van der Waals surface area contributed by atoms with E-state index in [1.54, 1.807) is 12.1 Å². The summed E-state index contributed by atoms with van der Waals surface area (Å²) in [5.74, 6) is 0.303. The minimum absolute atomic E-state index is 0.303. The third-order valence-electron chi connectivity index (χ3n) is 1.75. The predicted molar refractivity (Wildman–Crippen MR) is 49.4 cm³/mol. The summed E-state index contributed by atoms with van der Waals surface area (Å²) in [5.41, 5.74) is 1.19. The van der Waals surface area contributed by atoms with Crippen molar-refractivity contribution in [3.8, 4) is 5.75 Å². The van der Waals surface area contributed by atoms with E-state index in [0.717, 1.165) is 12.8 Å². The molecular weight excluding hydrogens is 168 g/mol. The number of benzene rings is 1. The molecule has 0 aliphatic rings. The minimum atomic E-state index is 0.303. The molecule has 0 spiro atoms. The van der Waals surface area contributed by atoms with Gasteiger partial charge in [0.25, 0.3) is 0 Å². The zero-order chi connectivity index (χ0) is 9.52. The lowest BCUT2D eigenvalue weighted by molar-refractivity contribution is -0.272. The summed E-state index contributed by atoms with van der Waals surface area (Å²) in [6.45, 7) is 0.595. The van der Waals surface area contributed by atoms with Crippen LogP contribution in [0.3, 0.4) is 0 Å². The minimum Gasteiger partial charge on any atom is -0.508 e. The lowest BCUT2D eigenvalue weighted by Gasteiger charge is -2.01. The Bertz CT molecular complexity index is 230. The van der Waals surface area contributed by atoms with Crippen molar-refractivity contribution in [1.82, 2.24) is 0 Å². The van der Waals surface area contributed by atoms with Crippen molar-refractivity contribution in [2.24, 2.45) is 0 Å². The first-order valence-electron chi connectivity index (χ1n) is 4.26. The summed E-state index contributed by atoms with van der Waals surface area (Å²) >= 11 is 0. The van der Waals surface area contributed by atoms with Crippen molar-refractivity contribution in [2.75, 3.05) is 13.7 Å². The van der Waals surface area contributed by atoms with E-state index in [1.165, 1.54) is 12.7 Å². The van der Waals surface area contributed by atoms with Crippen LogP contribution in [0.15, 0.2) is 24.3 Å². The first-order chi connectivity index (χ1) is 6.33. The topological polar surface area (TPSA) is 38.7 Å². The Kier molecular flexibility index (Phi) is 4.29. The molecule has 0 saturated carbocycles. The number of aromatic hydroxyl groups is 1. The molecule has 0 saturated heterocycles. The fourth-order valence-corrected chi connectivity index (χ4v) is 1.08. The van der Waals surface area contributed by atoms with Crippen LogP contribution in [0.5, 0.6) is 5.75 Å². The van der Waals surface area contributed by atoms with E-state index in [0.29, 0.717) is 12.4 Å². The number of hydrogen-bond acceptors (Lipinski definition) is 3. The Hall–Kier alpha value is -1.06. The molecule has 0 unspecified atom stereocenters. The van der Waals surface area contributed by atoms with Crippen LogP contribution < -0.4 is 0 Å². The molecule has 3 nitrogen and oxygen atoms in total. The van der Waals surface area contributed by atoms with Crippen molar-refractivity contribution in [3.05, 3.63) is 29.8 Å². The maximum atomic E-state index is 9.02. The van der Waals surface area contributed by atoms with E-state index in [2.05, 4.69) is 4.89 Å². The van der Waals surface area contributed by atoms with E-state index in [1.807, 2.05) is 12.1 Å². The lowest BCUT2D eigenvalue weighted by atomic mass is 10.1. The average Bonchev–Trinajstić information content (AvgIpc) is 2.15. The van der Waals surface area contributed by atoms with Crippen LogP contribution in [0.1, 0.15) is 12.0 Å². The van der Waals surface area contributed by atoms with Crippen molar-refractivity contribution >= 4 is 0 Å². The highest BCUT2D eigenvalue weighted by molar-refractivity contribution is 5.25. The molecule has 13 heavy (non-hydrogen) atoms. The Balaban J connectivity index is 2.25. The third kappa shape index (κ3) is 3.92. The van der Waals surface area contributed by atoms with Crippen LogP contribution in [0.2, 0.25) is 0 Å². The van der Waals surface area contributed by atoms with Gasteiger partial charge in [0.05, 0.1) is 13.7 Å². The molecule has 72 valence electrons. The van der Waals surface area contributed by atoms with Gasteiger partial charge in [0.15, 0.2) is 0 Å². The molecule has 0 bridgehead atoms. The first-order valence-corrected chi connectivity index (χ1v) is 4.26. The predicted octanol–water partition coefficient (Wildman–Crippen LogP) is 1.90. The van der Waals surface area contributed by atoms with Crippen molar-refractivity contribution in [3.63, 3.8) is 0 Å². The van der Waals surface area contributed by atoms with Crippen LogP contribution in [0.25, 0.3) is 0 Å². The normalized spacial score (nSPS) is 10.2. The molecule has 0 radical (unpaired) electrons. The molecule has 3 heteroatoms. The molecule has 0 aromatic heterocycles. The second kappa shape index (κ2) is 5.56. The molecular formula is C10H14O3. The fourth-order valence-electron chi connectivity index (χ4n) is 1.08. The van der Waals surface area contributed by atoms with Gasteiger partial charge in [0.2, 0.25) is 0 Å². The molecule has 0 aliphatic heterocycles. The van der Waals surface area contributed by atoms with E-state index >= 15 is 0 Å². The Morgan fingerprint density at radius 2 is 1.92 bits per heavy atom. The summed E-state index contributed by atoms with van der Waals surface area (Å²) in [4.78, 5) is 9.19. The van der Waals surface area contributed by atoms with E-state index in [4.69, 9.17) is 9.99 Å². The van der Waals surface area contributed by atoms with Crippen LogP contribution in [0, 0.1) is 0 Å². The zero-order valence-corrected chi connectivity index (χ0v) is 7.69. The molecule has 0 amide bonds. The smallest absolute Gasteiger partial charge is 0.115 e. The SMILES string of the molecule is COOCCCc1ccc(O)cc1. The quantitative estimate of drug-likeness (QED) is 0.429. The molecule has 0 heterocycles. The second-order valence-electron chi connectivity index (χ2n) is 2.76. The molecule has 1 aromatic carbocycles. The monoisotopic (exact) mass is 182 g/mol. The first kappa shape index (κ1) is 10.0. The fraction of sp³-hybridized carbons (Fsp3) is 0.400. The molecule has 1 N–H and O–H groups in total. The van der Waals surface area contributed by atoms with Crippen LogP contribution >= 0.6 is 0 Å². The summed E-state index contributed by atoms with van der Waals surface area (Å²) in [7, 11) is 1.50. The van der Waals surface area contributed by atoms with Gasteiger partial charge in [0.1, 0.15) is 5.75 Å². The van der Waals surface area contributed by atoms with Crippen molar-refractivity contribution in [1.29, 1.82) is 0 Å². The maximum absolute atomic E-state index is 9.02. The van der Waals surface area contributed by atoms with Crippen LogP contribution in [-0.4, -0.2) is 18.8 Å². The molecule has 1 rings (SSSR count). The Morgan fingerprint density at radius 1 is 1.23 bits per heavy atom. The van der Waals surface area contributed by atoms with Gasteiger partial charge in [-0.2, -0.15) is 0 Å². The lowest BCUT2D eigenvalue weighted by Crippen LogP contribution is -1.95. The zero-order valence-electron chi connectivity index (χ0n) is 7.69. The van der Waals surface area contributed by atoms with Gasteiger partial charge in [-0.25, -0.2) is 9.78 Å². The van der Waals surface area contributed by atoms with E-state index in [9.17, 15) is 0 Å². The second-order valence-corrected chi connectivity index (χ2v) is 2.76. The third-order valence-corrected chi connectivity index (χ3v) is 1.75. The molecule has 0 atom stereocenters. The highest BCUT2D eigenvalue weighted by Crippen LogP contribution is 2.10. The summed E-state index contributed by atoms with van der Waals surface area (Å²) < 4.78 is 0. The number of phenolic OH excluding ortho intramolecular Hbond substituents is 1. The average molecular weight is 182 g/mol. The van der Waals surface area contributed by atoms with Crippen molar-refractivity contribution in [2.45, 2.75) is 12.8 Å². The summed E-state index contributed by atoms with van der Waals surface area (Å²) in [5, 5.41) is 9.02. The Morgan fingerprint density at radius 3 is 2.54 bits per heavy atom. The largest absolute Gasteiger partial charge is 0.508 e. The molecule has 1 aromatic rings. The number of hydrogen-bond donors (Lipinski definition) is 1. The summed E-state index contributed by atoms with van der Waals surface area (Å²) in [6.07, 6.45) is 1.85. The Labute approximate surface area is 77.8 Å². The van der Waals surface area contributed by atoms with Gasteiger partial charge in [0, 0.05) is 0 Å². The van der Waals surface area contributed by atoms with Gasteiger partial charge < -0.3 is 5.11 Å². The standard InChI is InChI=1S/C10H14O3/c1-12-13-8-2-3-9-4-6-10(11)7-5-9/h4-7,11H,2-3,8H2,1H3. The van der Waals surface area contributed by atoms with Gasteiger partial charge in [-0.1, -0.05) is 12.1 Å². The highest BCUT2D eigenvalue weighted by Gasteiger charge is 1.93. The van der Waals surface area contributed by atoms with Gasteiger partial charge in [-0.3, -0.25) is 0 Å². The van der Waals surface area contributed by atoms with Crippen molar-refractivity contribution < 1.29 is 14.9 Å². The maximum Gasteiger partial charge on any atom is 0.115 e. The van der Waals surface area contributed by atoms with Crippen LogP contribution in [0.4, 0.5) is 0 Å². The van der Waals surface area contributed by atoms with E-state index in [-0.39, 0.29) is 0 Å². The van der Waals surface area contributed by atoms with Gasteiger partial charge in [-0.15, -0.1) is 0 Å². The van der Waals surface area contributed by atoms with Gasteiger partial charge in [-0.05, 0) is 30.5 Å². The number of rotatable bonds is 5.